The average molecular weight is 354 g/mol. The maximum Gasteiger partial charge on any atom is 0.338 e. The van der Waals surface area contributed by atoms with Crippen molar-refractivity contribution < 1.29 is 29.0 Å². The van der Waals surface area contributed by atoms with E-state index in [9.17, 15) is 20.0 Å². The Morgan fingerprint density at radius 2 is 2.17 bits per heavy atom. The van der Waals surface area contributed by atoms with Crippen LogP contribution in [0.15, 0.2) is 24.3 Å². The van der Waals surface area contributed by atoms with Gasteiger partial charge in [-0.25, -0.2) is 4.79 Å². The highest BCUT2D eigenvalue weighted by atomic mass is 32.2. The lowest BCUT2D eigenvalue weighted by atomic mass is 10.2. The van der Waals surface area contributed by atoms with Crippen LogP contribution in [0.25, 0.3) is 0 Å². The number of esters is 1. The summed E-state index contributed by atoms with van der Waals surface area (Å²) in [6, 6.07) is 4.94. The first-order chi connectivity index (χ1) is 11.5. The molecule has 0 radical (unpaired) electrons. The van der Waals surface area contributed by atoms with Gasteiger partial charge < -0.3 is 19.3 Å². The number of carbonyl (C=O) groups is 1. The Morgan fingerprint density at radius 1 is 1.50 bits per heavy atom. The molecule has 1 N–H and O–H groups in total. The van der Waals surface area contributed by atoms with E-state index in [0.29, 0.717) is 0 Å². The first-order valence-electron chi connectivity index (χ1n) is 6.80. The summed E-state index contributed by atoms with van der Waals surface area (Å²) in [5, 5.41) is 30.7. The van der Waals surface area contributed by atoms with E-state index in [1.165, 1.54) is 31.4 Å². The summed E-state index contributed by atoms with van der Waals surface area (Å²) in [7, 11) is 1.38. The van der Waals surface area contributed by atoms with Gasteiger partial charge >= 0.3 is 5.97 Å². The fourth-order valence-electron chi connectivity index (χ4n) is 2.18. The van der Waals surface area contributed by atoms with Crippen molar-refractivity contribution in [3.63, 3.8) is 0 Å². The molecule has 128 valence electrons. The zero-order valence-corrected chi connectivity index (χ0v) is 13.3. The number of rotatable bonds is 6. The van der Waals surface area contributed by atoms with Crippen molar-refractivity contribution in [2.75, 3.05) is 13.7 Å². The lowest BCUT2D eigenvalue weighted by Gasteiger charge is -2.15. The molecule has 0 bridgehead atoms. The van der Waals surface area contributed by atoms with Crippen LogP contribution in [0.3, 0.4) is 0 Å². The van der Waals surface area contributed by atoms with Gasteiger partial charge in [0.05, 0.1) is 15.7 Å². The Morgan fingerprint density at radius 3 is 2.71 bits per heavy atom. The lowest BCUT2D eigenvalue weighted by Crippen LogP contribution is -2.33. The number of nitro benzene ring substituents is 1. The summed E-state index contributed by atoms with van der Waals surface area (Å²) in [5.41, 5.74) is -0.000247. The van der Waals surface area contributed by atoms with Crippen molar-refractivity contribution in [3.8, 4) is 5.40 Å². The predicted molar refractivity (Wildman–Crippen MR) is 82.0 cm³/mol. The third-order valence-corrected chi connectivity index (χ3v) is 4.29. The summed E-state index contributed by atoms with van der Waals surface area (Å²) >= 11 is 0.820. The number of nitro groups is 1. The Balaban J connectivity index is 1.94. The largest absolute Gasteiger partial charge is 0.459 e. The molecule has 0 saturated carbocycles. The zero-order chi connectivity index (χ0) is 17.7. The van der Waals surface area contributed by atoms with Gasteiger partial charge in [-0.2, -0.15) is 5.26 Å². The summed E-state index contributed by atoms with van der Waals surface area (Å²) in [6.45, 7) is -0.237. The first-order valence-corrected chi connectivity index (χ1v) is 7.68. The minimum Gasteiger partial charge on any atom is -0.459 e. The number of thiocyanates is 1. The van der Waals surface area contributed by atoms with Gasteiger partial charge in [-0.1, -0.05) is 0 Å². The number of hydrogen-bond donors (Lipinski definition) is 1. The van der Waals surface area contributed by atoms with Gasteiger partial charge in [0, 0.05) is 19.2 Å². The van der Waals surface area contributed by atoms with Crippen molar-refractivity contribution in [2.45, 2.75) is 23.7 Å². The second kappa shape index (κ2) is 8.07. The van der Waals surface area contributed by atoms with Gasteiger partial charge in [0.2, 0.25) is 0 Å². The number of hydrogen-bond acceptors (Lipinski definition) is 9. The molecule has 1 aliphatic heterocycles. The maximum absolute atomic E-state index is 11.9. The van der Waals surface area contributed by atoms with Crippen LogP contribution in [-0.2, 0) is 14.2 Å². The van der Waals surface area contributed by atoms with E-state index in [4.69, 9.17) is 19.5 Å². The van der Waals surface area contributed by atoms with Crippen LogP contribution in [-0.4, -0.2) is 53.5 Å². The van der Waals surface area contributed by atoms with Crippen LogP contribution in [0.4, 0.5) is 5.69 Å². The average Bonchev–Trinajstić information content (AvgIpc) is 2.89. The molecule has 0 unspecified atom stereocenters. The van der Waals surface area contributed by atoms with Crippen LogP contribution < -0.4 is 0 Å². The van der Waals surface area contributed by atoms with E-state index >= 15 is 0 Å². The quantitative estimate of drug-likeness (QED) is 0.345. The highest BCUT2D eigenvalue weighted by molar-refractivity contribution is 8.04. The Kier molecular flexibility index (Phi) is 6.10. The maximum atomic E-state index is 11.9. The van der Waals surface area contributed by atoms with E-state index in [1.807, 2.05) is 5.40 Å². The Labute approximate surface area is 141 Å². The number of nitriles is 1. The second-order valence-electron chi connectivity index (χ2n) is 4.85. The number of aliphatic hydroxyl groups excluding tert-OH is 1. The van der Waals surface area contributed by atoms with Crippen LogP contribution >= 0.6 is 11.8 Å². The molecule has 9 nitrogen and oxygen atoms in total. The van der Waals surface area contributed by atoms with Gasteiger partial charge in [0.25, 0.3) is 5.69 Å². The standard InChI is InChI=1S/C14H14N2O7S/c1-21-14-12(24-7-15)11(17)10(23-14)6-22-13(18)8-2-4-9(5-3-8)16(19)20/h2-5,10-12,14,17H,6H2,1H3/t10-,11+,12-,14+/m0/s1. The molecule has 1 aliphatic rings. The van der Waals surface area contributed by atoms with Crippen LogP contribution in [0.1, 0.15) is 10.4 Å². The number of non-ortho nitro benzene ring substituents is 1. The van der Waals surface area contributed by atoms with E-state index < -0.39 is 34.6 Å². The molecule has 1 saturated heterocycles. The zero-order valence-electron chi connectivity index (χ0n) is 12.5. The molecule has 1 aromatic carbocycles. The van der Waals surface area contributed by atoms with Gasteiger partial charge in [-0.05, 0) is 23.9 Å². The first kappa shape index (κ1) is 18.2. The summed E-state index contributed by atoms with van der Waals surface area (Å²) < 4.78 is 15.5. The predicted octanol–water partition coefficient (Wildman–Crippen LogP) is 1.07. The molecular formula is C14H14N2O7S. The fourth-order valence-corrected chi connectivity index (χ4v) is 2.90. The molecule has 0 aliphatic carbocycles. The van der Waals surface area contributed by atoms with E-state index in [2.05, 4.69) is 0 Å². The lowest BCUT2D eigenvalue weighted by molar-refractivity contribution is -0.384. The summed E-state index contributed by atoms with van der Waals surface area (Å²) in [5.74, 6) is -0.703. The number of nitrogens with zero attached hydrogens (tertiary/aromatic N) is 2. The minimum atomic E-state index is -1.04. The van der Waals surface area contributed by atoms with E-state index in [-0.39, 0.29) is 17.9 Å². The number of thioether (sulfide) groups is 1. The Bertz CT molecular complexity index is 646. The van der Waals surface area contributed by atoms with Crippen LogP contribution in [0.2, 0.25) is 0 Å². The number of carbonyl (C=O) groups excluding carboxylic acids is 1. The van der Waals surface area contributed by atoms with Crippen molar-refractivity contribution in [2.24, 2.45) is 0 Å². The summed E-state index contributed by atoms with van der Waals surface area (Å²) in [4.78, 5) is 21.9. The molecule has 0 aromatic heterocycles. The van der Waals surface area contributed by atoms with Crippen molar-refractivity contribution in [1.82, 2.24) is 0 Å². The van der Waals surface area contributed by atoms with Crippen molar-refractivity contribution in [1.29, 1.82) is 5.26 Å². The highest BCUT2D eigenvalue weighted by Crippen LogP contribution is 2.31. The van der Waals surface area contributed by atoms with Gasteiger partial charge in [0.15, 0.2) is 6.29 Å². The van der Waals surface area contributed by atoms with Crippen LogP contribution in [0, 0.1) is 20.8 Å². The number of methoxy groups -OCH3 is 1. The van der Waals surface area contributed by atoms with Gasteiger partial charge in [-0.3, -0.25) is 10.1 Å². The molecule has 0 spiro atoms. The van der Waals surface area contributed by atoms with E-state index in [1.54, 1.807) is 0 Å². The highest BCUT2D eigenvalue weighted by Gasteiger charge is 2.45. The fraction of sp³-hybridized carbons (Fsp3) is 0.429. The number of aliphatic hydroxyl groups is 1. The smallest absolute Gasteiger partial charge is 0.338 e. The van der Waals surface area contributed by atoms with Gasteiger partial charge in [0.1, 0.15) is 24.2 Å². The number of benzene rings is 1. The SMILES string of the molecule is CO[C@@H]1O[C@@H](COC(=O)c2ccc([N+](=O)[O-])cc2)[C@@H](O)[C@@H]1SC#N. The molecule has 1 fully saturated rings. The molecule has 0 amide bonds. The normalized spacial score (nSPS) is 25.9. The molecule has 4 atom stereocenters. The Hall–Kier alpha value is -2.19. The topological polar surface area (TPSA) is 132 Å². The monoisotopic (exact) mass is 354 g/mol. The number of ether oxygens (including phenoxy) is 3. The molecular weight excluding hydrogens is 340 g/mol. The molecule has 24 heavy (non-hydrogen) atoms. The minimum absolute atomic E-state index is 0.138. The third kappa shape index (κ3) is 4.01. The molecule has 10 heteroatoms. The van der Waals surface area contributed by atoms with Crippen molar-refractivity contribution in [3.05, 3.63) is 39.9 Å². The third-order valence-electron chi connectivity index (χ3n) is 3.41. The van der Waals surface area contributed by atoms with Crippen LogP contribution in [0.5, 0.6) is 0 Å². The van der Waals surface area contributed by atoms with Crippen molar-refractivity contribution >= 4 is 23.4 Å². The van der Waals surface area contributed by atoms with Gasteiger partial charge in [-0.15, -0.1) is 0 Å². The molecule has 1 heterocycles. The summed E-state index contributed by atoms with van der Waals surface area (Å²) in [6.07, 6.45) is -2.65. The molecule has 1 aromatic rings. The van der Waals surface area contributed by atoms with E-state index in [0.717, 1.165) is 11.8 Å². The second-order valence-corrected chi connectivity index (χ2v) is 5.81. The molecule has 2 rings (SSSR count).